The molecule has 1 aliphatic rings. The van der Waals surface area contributed by atoms with Gasteiger partial charge in [-0.15, -0.1) is 0 Å². The average molecular weight is 390 g/mol. The number of carbonyl (C=O) groups excluding carboxylic acids is 1. The molecule has 0 aliphatic carbocycles. The van der Waals surface area contributed by atoms with Crippen LogP contribution < -0.4 is 15.4 Å². The Labute approximate surface area is 164 Å². The van der Waals surface area contributed by atoms with Gasteiger partial charge in [-0.3, -0.25) is 10.2 Å². The molecule has 3 rings (SSSR count). The quantitative estimate of drug-likeness (QED) is 0.779. The van der Waals surface area contributed by atoms with Gasteiger partial charge in [-0.25, -0.2) is 14.8 Å². The monoisotopic (exact) mass is 389 g/mol. The molecule has 1 aromatic heterocycles. The third-order valence-electron chi connectivity index (χ3n) is 4.36. The number of ether oxygens (including phenoxy) is 1. The second-order valence-electron chi connectivity index (χ2n) is 6.40. The first-order valence-electron chi connectivity index (χ1n) is 9.20. The van der Waals surface area contributed by atoms with E-state index in [4.69, 9.17) is 16.3 Å². The Bertz CT molecular complexity index is 733. The van der Waals surface area contributed by atoms with E-state index < -0.39 is 6.03 Å². The maximum atomic E-state index is 12.2. The summed E-state index contributed by atoms with van der Waals surface area (Å²) < 4.78 is 5.92. The molecule has 1 saturated heterocycles. The minimum absolute atomic E-state index is 0.268. The number of urea groups is 1. The highest BCUT2D eigenvalue weighted by molar-refractivity contribution is 6.29. The molecule has 1 aliphatic heterocycles. The summed E-state index contributed by atoms with van der Waals surface area (Å²) in [5.41, 5.74) is 0.604. The van der Waals surface area contributed by atoms with Gasteiger partial charge in [0.1, 0.15) is 17.5 Å². The lowest BCUT2D eigenvalue weighted by atomic mass is 10.2. The van der Waals surface area contributed by atoms with Gasteiger partial charge in [0.05, 0.1) is 18.1 Å². The summed E-state index contributed by atoms with van der Waals surface area (Å²) in [6, 6.07) is 6.96. The van der Waals surface area contributed by atoms with Crippen molar-refractivity contribution in [2.45, 2.75) is 25.7 Å². The summed E-state index contributed by atoms with van der Waals surface area (Å²) in [7, 11) is 0. The molecule has 0 radical (unpaired) electrons. The Morgan fingerprint density at radius 2 is 1.85 bits per heavy atom. The van der Waals surface area contributed by atoms with Crippen LogP contribution in [0.5, 0.6) is 5.75 Å². The van der Waals surface area contributed by atoms with Crippen LogP contribution in [0.1, 0.15) is 25.7 Å². The molecule has 2 heterocycles. The predicted molar refractivity (Wildman–Crippen MR) is 107 cm³/mol. The van der Waals surface area contributed by atoms with Crippen LogP contribution in [0.3, 0.4) is 0 Å². The Kier molecular flexibility index (Phi) is 7.24. The van der Waals surface area contributed by atoms with Crippen LogP contribution in [-0.2, 0) is 0 Å². The molecule has 27 heavy (non-hydrogen) atoms. The lowest BCUT2D eigenvalue weighted by molar-refractivity contribution is 0.214. The van der Waals surface area contributed by atoms with Crippen molar-refractivity contribution in [1.29, 1.82) is 0 Å². The van der Waals surface area contributed by atoms with E-state index in [1.807, 2.05) is 18.2 Å². The van der Waals surface area contributed by atoms with Gasteiger partial charge >= 0.3 is 6.03 Å². The molecule has 0 bridgehead atoms. The first-order valence-corrected chi connectivity index (χ1v) is 9.58. The summed E-state index contributed by atoms with van der Waals surface area (Å²) >= 11 is 5.69. The third-order valence-corrected chi connectivity index (χ3v) is 4.56. The van der Waals surface area contributed by atoms with Crippen LogP contribution in [0.15, 0.2) is 36.7 Å². The number of amides is 2. The number of nitrogens with one attached hydrogen (secondary N) is 2. The van der Waals surface area contributed by atoms with Crippen molar-refractivity contribution in [2.24, 2.45) is 0 Å². The summed E-state index contributed by atoms with van der Waals surface area (Å²) in [5.74, 6) is 0.959. The van der Waals surface area contributed by atoms with Gasteiger partial charge in [0, 0.05) is 6.54 Å². The van der Waals surface area contributed by atoms with E-state index in [-0.39, 0.29) is 5.15 Å². The normalized spacial score (nSPS) is 15.0. The van der Waals surface area contributed by atoms with Gasteiger partial charge < -0.3 is 10.1 Å². The standard InChI is InChI=1S/C19H24ClN5O2/c20-17-13-22-18(14-21-17)24-19(26)23-15-7-3-4-8-16(15)27-12-11-25-9-5-1-2-6-10-25/h3-4,7-8,13-14H,1-2,5-6,9-12H2,(H2,22,23,24,26). The van der Waals surface area contributed by atoms with Crippen molar-refractivity contribution in [2.75, 3.05) is 36.9 Å². The van der Waals surface area contributed by atoms with Crippen LogP contribution in [0.25, 0.3) is 0 Å². The number of carbonyl (C=O) groups is 1. The number of nitrogens with zero attached hydrogens (tertiary/aromatic N) is 3. The molecule has 8 heteroatoms. The molecule has 2 N–H and O–H groups in total. The van der Waals surface area contributed by atoms with Gasteiger partial charge in [-0.05, 0) is 38.1 Å². The molecule has 0 saturated carbocycles. The van der Waals surface area contributed by atoms with Crippen molar-refractivity contribution >= 4 is 29.1 Å². The largest absolute Gasteiger partial charge is 0.490 e. The summed E-state index contributed by atoms with van der Waals surface area (Å²) in [6.07, 6.45) is 7.91. The van der Waals surface area contributed by atoms with Crippen molar-refractivity contribution in [3.63, 3.8) is 0 Å². The Morgan fingerprint density at radius 3 is 2.59 bits per heavy atom. The highest BCUT2D eigenvalue weighted by atomic mass is 35.5. The lowest BCUT2D eigenvalue weighted by Gasteiger charge is -2.20. The van der Waals surface area contributed by atoms with Gasteiger partial charge in [-0.1, -0.05) is 36.6 Å². The van der Waals surface area contributed by atoms with Gasteiger partial charge in [0.2, 0.25) is 0 Å². The average Bonchev–Trinajstić information content (AvgIpc) is 2.94. The number of benzene rings is 1. The third kappa shape index (κ3) is 6.37. The molecule has 1 aromatic carbocycles. The van der Waals surface area contributed by atoms with Crippen molar-refractivity contribution in [3.05, 3.63) is 41.8 Å². The van der Waals surface area contributed by atoms with Crippen LogP contribution in [0, 0.1) is 0 Å². The smallest absolute Gasteiger partial charge is 0.324 e. The van der Waals surface area contributed by atoms with E-state index in [1.54, 1.807) is 6.07 Å². The van der Waals surface area contributed by atoms with Crippen molar-refractivity contribution in [3.8, 4) is 5.75 Å². The molecule has 2 amide bonds. The highest BCUT2D eigenvalue weighted by Crippen LogP contribution is 2.24. The van der Waals surface area contributed by atoms with Crippen molar-refractivity contribution < 1.29 is 9.53 Å². The fraction of sp³-hybridized carbons (Fsp3) is 0.421. The first kappa shape index (κ1) is 19.4. The van der Waals surface area contributed by atoms with Crippen LogP contribution >= 0.6 is 11.6 Å². The maximum Gasteiger partial charge on any atom is 0.324 e. The summed E-state index contributed by atoms with van der Waals surface area (Å²) in [5, 5.41) is 5.66. The number of halogens is 1. The van der Waals surface area contributed by atoms with E-state index >= 15 is 0 Å². The Hall–Kier alpha value is -2.38. The Morgan fingerprint density at radius 1 is 1.07 bits per heavy atom. The second-order valence-corrected chi connectivity index (χ2v) is 6.79. The van der Waals surface area contributed by atoms with Gasteiger partial charge in [0.25, 0.3) is 0 Å². The SMILES string of the molecule is O=C(Nc1cnc(Cl)cn1)Nc1ccccc1OCCN1CCCCCC1. The Balaban J connectivity index is 1.51. The molecule has 1 fully saturated rings. The molecule has 0 spiro atoms. The fourth-order valence-electron chi connectivity index (χ4n) is 2.99. The van der Waals surface area contributed by atoms with E-state index in [0.717, 1.165) is 19.6 Å². The summed E-state index contributed by atoms with van der Waals surface area (Å²) in [4.78, 5) is 22.5. The number of hydrogen-bond acceptors (Lipinski definition) is 5. The van der Waals surface area contributed by atoms with Gasteiger partial charge in [-0.2, -0.15) is 0 Å². The van der Waals surface area contributed by atoms with E-state index in [2.05, 4.69) is 25.5 Å². The molecule has 0 atom stereocenters. The fourth-order valence-corrected chi connectivity index (χ4v) is 3.08. The second kappa shape index (κ2) is 10.1. The molecule has 2 aromatic rings. The lowest BCUT2D eigenvalue weighted by Crippen LogP contribution is -2.29. The van der Waals surface area contributed by atoms with Gasteiger partial charge in [0.15, 0.2) is 5.82 Å². The minimum Gasteiger partial charge on any atom is -0.490 e. The number of likely N-dealkylation sites (tertiary alicyclic amines) is 1. The molecule has 144 valence electrons. The number of hydrogen-bond donors (Lipinski definition) is 2. The topological polar surface area (TPSA) is 79.4 Å². The number of aromatic nitrogens is 2. The van der Waals surface area contributed by atoms with Crippen LogP contribution in [0.2, 0.25) is 5.15 Å². The zero-order valence-corrected chi connectivity index (χ0v) is 15.9. The zero-order chi connectivity index (χ0) is 18.9. The van der Waals surface area contributed by atoms with E-state index in [9.17, 15) is 4.79 Å². The van der Waals surface area contributed by atoms with E-state index in [1.165, 1.54) is 38.1 Å². The first-order chi connectivity index (χ1) is 13.2. The number of rotatable bonds is 6. The molecular weight excluding hydrogens is 366 g/mol. The highest BCUT2D eigenvalue weighted by Gasteiger charge is 2.11. The van der Waals surface area contributed by atoms with Crippen molar-refractivity contribution in [1.82, 2.24) is 14.9 Å². The van der Waals surface area contributed by atoms with E-state index in [0.29, 0.717) is 23.9 Å². The molecule has 7 nitrogen and oxygen atoms in total. The summed E-state index contributed by atoms with van der Waals surface area (Å²) in [6.45, 7) is 3.74. The number of anilines is 2. The van der Waals surface area contributed by atoms with Crippen LogP contribution in [-0.4, -0.2) is 47.1 Å². The van der Waals surface area contributed by atoms with Crippen LogP contribution in [0.4, 0.5) is 16.3 Å². The predicted octanol–water partition coefficient (Wildman–Crippen LogP) is 4.03. The minimum atomic E-state index is -0.421. The zero-order valence-electron chi connectivity index (χ0n) is 15.2. The number of para-hydroxylation sites is 2. The molecule has 0 unspecified atom stereocenters. The molecular formula is C19H24ClN5O2. The maximum absolute atomic E-state index is 12.2.